The molecule has 0 radical (unpaired) electrons. The highest BCUT2D eigenvalue weighted by molar-refractivity contribution is 5.64. The first-order chi connectivity index (χ1) is 71.7. The van der Waals surface area contributed by atoms with E-state index in [-0.39, 0.29) is 58.7 Å². The summed E-state index contributed by atoms with van der Waals surface area (Å²) in [5.74, 6) is 11.5. The maximum absolute atomic E-state index is 9.91. The molecule has 13 aliphatic rings. The van der Waals surface area contributed by atoms with Crippen molar-refractivity contribution in [3.05, 3.63) is 295 Å². The number of hydrogen-bond donors (Lipinski definition) is 6. The van der Waals surface area contributed by atoms with Gasteiger partial charge in [-0.1, -0.05) is 35.4 Å². The van der Waals surface area contributed by atoms with Crippen LogP contribution in [0.25, 0.3) is 0 Å². The Kier molecular flexibility index (Phi) is 29.1. The number of benzene rings is 12. The number of aryl methyl sites for hydroxylation is 4. The van der Waals surface area contributed by atoms with Crippen LogP contribution in [0.2, 0.25) is 0 Å². The zero-order valence-corrected chi connectivity index (χ0v) is 88.3. The lowest BCUT2D eigenvalue weighted by Crippen LogP contribution is -2.41. The molecule has 12 aromatic rings. The maximum Gasteiger partial charge on any atom is 0.231 e. The van der Waals surface area contributed by atoms with Crippen molar-refractivity contribution in [2.45, 2.75) is 187 Å². The van der Waals surface area contributed by atoms with Crippen LogP contribution in [0.5, 0.6) is 121 Å². The Morgan fingerprint density at radius 2 is 0.500 bits per heavy atom. The van der Waals surface area contributed by atoms with Gasteiger partial charge in [0.25, 0.3) is 0 Å². The van der Waals surface area contributed by atoms with Crippen LogP contribution in [0.3, 0.4) is 0 Å². The van der Waals surface area contributed by atoms with Crippen molar-refractivity contribution in [2.75, 3.05) is 138 Å². The van der Waals surface area contributed by atoms with Crippen LogP contribution < -0.4 is 71.1 Å². The first-order valence-electron chi connectivity index (χ1n) is 51.4. The quantitative estimate of drug-likeness (QED) is 0.0585. The van der Waals surface area contributed by atoms with Crippen molar-refractivity contribution < 1.29 is 102 Å². The van der Waals surface area contributed by atoms with Gasteiger partial charge in [-0.2, -0.15) is 0 Å². The van der Waals surface area contributed by atoms with Crippen molar-refractivity contribution in [3.8, 4) is 121 Å². The predicted molar refractivity (Wildman–Crippen MR) is 566 cm³/mol. The zero-order chi connectivity index (χ0) is 104. The Bertz CT molecular complexity index is 6950. The van der Waals surface area contributed by atoms with Gasteiger partial charge in [0, 0.05) is 120 Å². The number of phenols is 6. The Morgan fingerprint density at radius 1 is 0.230 bits per heavy atom. The second-order valence-electron chi connectivity index (χ2n) is 41.0. The summed E-state index contributed by atoms with van der Waals surface area (Å²) in [6.07, 6.45) is 11.5. The summed E-state index contributed by atoms with van der Waals surface area (Å²) in [6, 6.07) is 49.2. The van der Waals surface area contributed by atoms with Crippen molar-refractivity contribution >= 4 is 0 Å². The summed E-state index contributed by atoms with van der Waals surface area (Å²) in [4.78, 5) is 15.1. The van der Waals surface area contributed by atoms with Crippen molar-refractivity contribution in [1.29, 1.82) is 0 Å². The highest BCUT2D eigenvalue weighted by Gasteiger charge is 2.44. The zero-order valence-electron chi connectivity index (χ0n) is 88.3. The molecule has 778 valence electrons. The van der Waals surface area contributed by atoms with Crippen LogP contribution in [0.4, 0.5) is 0 Å². The molecule has 0 spiro atoms. The van der Waals surface area contributed by atoms with E-state index in [9.17, 15) is 30.6 Å². The highest BCUT2D eigenvalue weighted by atomic mass is 16.7. The van der Waals surface area contributed by atoms with Crippen molar-refractivity contribution in [1.82, 2.24) is 29.4 Å². The number of hydrogen-bond acceptors (Lipinski definition) is 27. The van der Waals surface area contributed by atoms with Gasteiger partial charge in [-0.3, -0.25) is 29.4 Å². The summed E-state index contributed by atoms with van der Waals surface area (Å²) in [5.41, 5.74) is 36.6. The molecule has 25 rings (SSSR count). The monoisotopic (exact) mass is 2010 g/mol. The standard InChI is InChI=1S/C21H23NO5.2C21H25NO2.C20H23NO4.2C19H21NO4/c1-23-19-8-13-6-16-14-9-18-17(26-11-27-18)7-12(14)4-5-22(16)10-15(13)20(24-2)21(19)25-3;2*1-13-7-14(2)18-12-22-6-5-15-10-20(23-3)21(24-4)11-17(15)19(22)9-16(18)8-13;1-11-14-9-18(23)17(22)7-13(14)6-16-15-10-20(25-3)19(24-2)8-12(15)4-5-21(11)16;1-23-18-8-11-3-4-20-10-13-7-17(22)16(21)6-12(13)5-15(20)14(11)9-19(18)24-2;1-23-18-7-12-5-15-14-9-17(22)16(21)6-11(14)3-4-20(15)10-13(12)8-19(18)24-2/h7-9,16H,4-6,10-11H2,1-3H3;2*7-8,10-11,19H,5-6,9,12H2,1-4H3;7-11,16,22-23H,4-6H2,1-3H3;2*6-9,15,21-22H,3-5,10H2,1-2H3/t16-;19-;;;;/m00..../s1. The van der Waals surface area contributed by atoms with Crippen molar-refractivity contribution in [2.24, 2.45) is 0 Å². The van der Waals surface area contributed by atoms with E-state index in [2.05, 4.69) is 167 Å². The third-order valence-corrected chi connectivity index (χ3v) is 33.1. The molecule has 13 aliphatic heterocycles. The summed E-state index contributed by atoms with van der Waals surface area (Å²) < 4.78 is 82.8. The molecule has 0 fully saturated rings. The number of aromatic hydroxyl groups is 6. The topological polar surface area (TPSA) is 279 Å². The molecular weight excluding hydrogens is 1870 g/mol. The van der Waals surface area contributed by atoms with Gasteiger partial charge in [0.1, 0.15) is 0 Å². The van der Waals surface area contributed by atoms with Gasteiger partial charge in [-0.05, 0) is 366 Å². The number of methoxy groups -OCH3 is 13. The molecule has 6 N–H and O–H groups in total. The van der Waals surface area contributed by atoms with E-state index in [1.165, 1.54) is 122 Å². The largest absolute Gasteiger partial charge is 0.504 e. The third-order valence-electron chi connectivity index (χ3n) is 33.1. The minimum atomic E-state index is -0.0530. The predicted octanol–water partition coefficient (Wildman–Crippen LogP) is 19.9. The molecule has 0 saturated carbocycles. The summed E-state index contributed by atoms with van der Waals surface area (Å²) in [6.45, 7) is 22.0. The molecule has 0 bridgehead atoms. The Labute approximate surface area is 867 Å². The number of rotatable bonds is 13. The number of ether oxygens (including phenoxy) is 15. The van der Waals surface area contributed by atoms with Crippen LogP contribution in [0.1, 0.15) is 205 Å². The molecular formula is C121H138N6O21. The molecule has 0 amide bonds. The van der Waals surface area contributed by atoms with E-state index in [0.29, 0.717) is 36.4 Å². The third kappa shape index (κ3) is 19.2. The minimum Gasteiger partial charge on any atom is -0.504 e. The molecule has 27 nitrogen and oxygen atoms in total. The van der Waals surface area contributed by atoms with E-state index in [0.717, 1.165) is 257 Å². The SMILES string of the molecule is COc1cc2c(c(OC)c1OC)CN1CCc3cc4c(cc3[C@@H]1C2)OCO4.COc1cc2c(cc1OC)C1Cc3cc(C)cc(C)c3CN1CC2.COc1cc2c(cc1OC)C1Cc3cc(O)c(O)cc3C(C)N1CC2.COc1cc2c(cc1OC)C1Cc3cc(O)c(O)cc3CN1CC2.COc1cc2c(cc1OC)CN1CCc3cc(O)c(O)cc3C1C2.COc1cc2c(cc1OC)[C@@H]1Cc3cc(C)cc(C)c3CN1CC2. The number of phenolic OH excluding ortho intramolecular Hbond substituents is 6. The average Bonchev–Trinajstić information content (AvgIpc) is 0.735. The van der Waals surface area contributed by atoms with Gasteiger partial charge in [0.05, 0.1) is 92.4 Å². The molecule has 27 heteroatoms. The van der Waals surface area contributed by atoms with Gasteiger partial charge in [0.2, 0.25) is 12.5 Å². The van der Waals surface area contributed by atoms with Crippen LogP contribution in [0, 0.1) is 27.7 Å². The van der Waals surface area contributed by atoms with Crippen LogP contribution in [-0.2, 0) is 110 Å². The minimum absolute atomic E-state index is 0.0372. The Hall–Kier alpha value is -13.8. The second-order valence-corrected chi connectivity index (χ2v) is 41.0. The molecule has 13 heterocycles. The lowest BCUT2D eigenvalue weighted by molar-refractivity contribution is 0.117. The van der Waals surface area contributed by atoms with E-state index >= 15 is 0 Å². The van der Waals surface area contributed by atoms with Crippen molar-refractivity contribution in [3.63, 3.8) is 0 Å². The summed E-state index contributed by atoms with van der Waals surface area (Å²) >= 11 is 0. The van der Waals surface area contributed by atoms with E-state index in [1.54, 1.807) is 129 Å². The first kappa shape index (κ1) is 101. The molecule has 5 unspecified atom stereocenters. The smallest absolute Gasteiger partial charge is 0.231 e. The molecule has 148 heavy (non-hydrogen) atoms. The van der Waals surface area contributed by atoms with Gasteiger partial charge in [-0.25, -0.2) is 0 Å². The molecule has 0 aromatic heterocycles. The average molecular weight is 2010 g/mol. The highest BCUT2D eigenvalue weighted by Crippen LogP contribution is 2.56. The van der Waals surface area contributed by atoms with Crippen LogP contribution in [0.15, 0.2) is 140 Å². The maximum atomic E-state index is 9.91. The fourth-order valence-electron chi connectivity index (χ4n) is 25.6. The molecule has 0 saturated heterocycles. The fraction of sp³-hybridized carbons (Fsp3) is 0.405. The lowest BCUT2D eigenvalue weighted by Gasteiger charge is -2.45. The van der Waals surface area contributed by atoms with Gasteiger partial charge in [0.15, 0.2) is 115 Å². The van der Waals surface area contributed by atoms with Gasteiger partial charge >= 0.3 is 0 Å². The first-order valence-corrected chi connectivity index (χ1v) is 51.4. The Morgan fingerprint density at radius 3 is 0.912 bits per heavy atom. The number of fused-ring (bicyclic) bond motifs is 25. The summed E-state index contributed by atoms with van der Waals surface area (Å²) in [5, 5.41) is 59.0. The molecule has 7 atom stereocenters. The van der Waals surface area contributed by atoms with Crippen LogP contribution >= 0.6 is 0 Å². The Balaban J connectivity index is 0.000000108. The fourth-order valence-corrected chi connectivity index (χ4v) is 25.6. The van der Waals surface area contributed by atoms with E-state index in [4.69, 9.17) is 71.1 Å². The molecule has 0 aliphatic carbocycles. The van der Waals surface area contributed by atoms with Crippen LogP contribution in [-0.4, -0.2) is 199 Å². The normalized spacial score (nSPS) is 19.8. The lowest BCUT2D eigenvalue weighted by atomic mass is 9.81. The number of nitrogens with zero attached hydrogens (tertiary/aromatic N) is 6. The van der Waals surface area contributed by atoms with E-state index in [1.807, 2.05) is 0 Å². The van der Waals surface area contributed by atoms with Gasteiger partial charge < -0.3 is 102 Å². The molecule has 12 aromatic carbocycles. The van der Waals surface area contributed by atoms with E-state index < -0.39 is 0 Å². The second kappa shape index (κ2) is 42.4. The summed E-state index contributed by atoms with van der Waals surface area (Å²) in [7, 11) is 21.8. The van der Waals surface area contributed by atoms with Gasteiger partial charge in [-0.15, -0.1) is 0 Å².